The van der Waals surface area contributed by atoms with E-state index in [9.17, 15) is 23.5 Å². The van der Waals surface area contributed by atoms with E-state index in [1.54, 1.807) is 30.5 Å². The number of aromatic nitrogens is 2. The van der Waals surface area contributed by atoms with Crippen LogP contribution in [-0.4, -0.2) is 32.8 Å². The Hall–Kier alpha value is -4.79. The van der Waals surface area contributed by atoms with Crippen LogP contribution in [0.3, 0.4) is 0 Å². The van der Waals surface area contributed by atoms with Crippen molar-refractivity contribution in [3.63, 3.8) is 0 Å². The average Bonchev–Trinajstić information content (AvgIpc) is 2.95. The molecule has 3 aromatic carbocycles. The summed E-state index contributed by atoms with van der Waals surface area (Å²) >= 11 is 0. The Morgan fingerprint density at radius 2 is 1.91 bits per heavy atom. The lowest BCUT2D eigenvalue weighted by atomic mass is 9.87. The van der Waals surface area contributed by atoms with Gasteiger partial charge in [-0.2, -0.15) is 0 Å². The summed E-state index contributed by atoms with van der Waals surface area (Å²) in [5, 5.41) is 11.5. The molecule has 7 nitrogen and oxygen atoms in total. The normalized spacial score (nSPS) is 13.0. The topological polar surface area (TPSA) is 90.7 Å². The number of carboxylic acid groups (broad SMARTS) is 1. The van der Waals surface area contributed by atoms with Gasteiger partial charge in [-0.25, -0.2) is 8.78 Å². The standard InChI is InChI=1S/C35H32F2N2O5/c1-19-14-25-23(8-9-28(40)39(25)18-20-6-5-7-22(15-20)34(36)37)31(24(19)16-29(41)42)32-27(44-35(2,3)4)17-26-30-21(11-13-43-26)10-12-38-33(30)32/h5-10,12,14-15,17,34H,11,13,16,18H2,1-4H3,(H,41,42). The lowest BCUT2D eigenvalue weighted by Gasteiger charge is -2.28. The lowest BCUT2D eigenvalue weighted by Crippen LogP contribution is -2.24. The number of aliphatic carboxylic acids is 1. The highest BCUT2D eigenvalue weighted by Gasteiger charge is 2.28. The molecule has 44 heavy (non-hydrogen) atoms. The number of benzene rings is 3. The van der Waals surface area contributed by atoms with Gasteiger partial charge in [-0.15, -0.1) is 0 Å². The van der Waals surface area contributed by atoms with E-state index < -0.39 is 18.0 Å². The fourth-order valence-corrected chi connectivity index (χ4v) is 6.04. The van der Waals surface area contributed by atoms with Crippen LogP contribution < -0.4 is 15.0 Å². The number of alkyl halides is 2. The fraction of sp³-hybridized carbons (Fsp3) is 0.286. The summed E-state index contributed by atoms with van der Waals surface area (Å²) in [5.41, 5.74) is 4.13. The number of fused-ring (bicyclic) bond motifs is 1. The Kier molecular flexibility index (Phi) is 7.35. The molecule has 9 heteroatoms. The second-order valence-electron chi connectivity index (χ2n) is 12.1. The van der Waals surface area contributed by atoms with E-state index in [0.29, 0.717) is 68.8 Å². The molecule has 0 bridgehead atoms. The molecule has 0 saturated heterocycles. The van der Waals surface area contributed by atoms with E-state index in [1.807, 2.05) is 39.8 Å². The summed E-state index contributed by atoms with van der Waals surface area (Å²) in [4.78, 5) is 30.4. The first-order chi connectivity index (χ1) is 20.9. The van der Waals surface area contributed by atoms with Gasteiger partial charge in [-0.3, -0.25) is 14.6 Å². The second kappa shape index (κ2) is 11.0. The number of carboxylic acids is 1. The van der Waals surface area contributed by atoms with Crippen molar-refractivity contribution in [1.82, 2.24) is 9.55 Å². The highest BCUT2D eigenvalue weighted by Crippen LogP contribution is 2.48. The minimum absolute atomic E-state index is 0.0508. The number of pyridine rings is 2. The Morgan fingerprint density at radius 1 is 1.11 bits per heavy atom. The van der Waals surface area contributed by atoms with Gasteiger partial charge in [0.2, 0.25) is 0 Å². The number of ether oxygens (including phenoxy) is 2. The first kappa shape index (κ1) is 29.3. The van der Waals surface area contributed by atoms with Crippen molar-refractivity contribution in [1.29, 1.82) is 0 Å². The van der Waals surface area contributed by atoms with E-state index in [0.717, 1.165) is 10.9 Å². The average molecular weight is 599 g/mol. The van der Waals surface area contributed by atoms with Gasteiger partial charge in [0.1, 0.15) is 17.1 Å². The van der Waals surface area contributed by atoms with Crippen molar-refractivity contribution in [3.8, 4) is 22.6 Å². The van der Waals surface area contributed by atoms with Crippen molar-refractivity contribution in [2.45, 2.75) is 59.1 Å². The van der Waals surface area contributed by atoms with Crippen LogP contribution in [0.5, 0.6) is 11.5 Å². The third-order valence-electron chi connectivity index (χ3n) is 7.82. The molecule has 1 aliphatic heterocycles. The molecule has 0 atom stereocenters. The molecule has 6 rings (SSSR count). The Bertz CT molecular complexity index is 2010. The fourth-order valence-electron chi connectivity index (χ4n) is 6.04. The molecule has 0 amide bonds. The Morgan fingerprint density at radius 3 is 2.64 bits per heavy atom. The summed E-state index contributed by atoms with van der Waals surface area (Å²) in [5.74, 6) is 0.112. The minimum atomic E-state index is -2.64. The summed E-state index contributed by atoms with van der Waals surface area (Å²) in [6.07, 6.45) is -0.491. The molecule has 5 aromatic rings. The van der Waals surface area contributed by atoms with Gasteiger partial charge >= 0.3 is 5.97 Å². The molecule has 0 aliphatic carbocycles. The number of carbonyl (C=O) groups is 1. The van der Waals surface area contributed by atoms with Gasteiger partial charge < -0.3 is 19.1 Å². The van der Waals surface area contributed by atoms with Crippen LogP contribution in [0.25, 0.3) is 32.9 Å². The predicted octanol–water partition coefficient (Wildman–Crippen LogP) is 7.25. The van der Waals surface area contributed by atoms with E-state index in [4.69, 9.17) is 14.5 Å². The van der Waals surface area contributed by atoms with Gasteiger partial charge in [-0.05, 0) is 74.2 Å². The lowest BCUT2D eigenvalue weighted by molar-refractivity contribution is -0.136. The molecule has 0 unspecified atom stereocenters. The molecule has 0 fully saturated rings. The van der Waals surface area contributed by atoms with E-state index in [2.05, 4.69) is 0 Å². The second-order valence-corrected chi connectivity index (χ2v) is 12.1. The maximum Gasteiger partial charge on any atom is 0.307 e. The number of rotatable bonds is 7. The van der Waals surface area contributed by atoms with Crippen LogP contribution in [0, 0.1) is 6.92 Å². The molecular formula is C35H32F2N2O5. The summed E-state index contributed by atoms with van der Waals surface area (Å²) in [7, 11) is 0. The molecular weight excluding hydrogens is 566 g/mol. The zero-order chi connectivity index (χ0) is 31.3. The number of nitrogens with zero attached hydrogens (tertiary/aromatic N) is 2. The largest absolute Gasteiger partial charge is 0.492 e. The monoisotopic (exact) mass is 598 g/mol. The van der Waals surface area contributed by atoms with Gasteiger partial charge in [0.05, 0.1) is 36.2 Å². The molecule has 0 saturated carbocycles. The Balaban J connectivity index is 1.72. The molecule has 0 radical (unpaired) electrons. The van der Waals surface area contributed by atoms with Gasteiger partial charge in [0, 0.05) is 46.6 Å². The number of halogens is 2. The first-order valence-electron chi connectivity index (χ1n) is 14.4. The maximum atomic E-state index is 13.5. The van der Waals surface area contributed by atoms with Crippen LogP contribution in [0.4, 0.5) is 8.78 Å². The molecule has 226 valence electrons. The highest BCUT2D eigenvalue weighted by atomic mass is 19.3. The van der Waals surface area contributed by atoms with Crippen molar-refractivity contribution in [3.05, 3.63) is 99.0 Å². The van der Waals surface area contributed by atoms with E-state index in [1.165, 1.54) is 22.8 Å². The summed E-state index contributed by atoms with van der Waals surface area (Å²) in [6.45, 7) is 8.15. The summed E-state index contributed by atoms with van der Waals surface area (Å²) < 4.78 is 41.1. The van der Waals surface area contributed by atoms with E-state index in [-0.39, 0.29) is 24.1 Å². The zero-order valence-electron chi connectivity index (χ0n) is 24.9. The number of hydrogen-bond donors (Lipinski definition) is 1. The van der Waals surface area contributed by atoms with Crippen LogP contribution in [0.15, 0.2) is 65.6 Å². The quantitative estimate of drug-likeness (QED) is 0.212. The molecule has 3 heterocycles. The number of aryl methyl sites for hydroxylation is 1. The van der Waals surface area contributed by atoms with Gasteiger partial charge in [0.15, 0.2) is 0 Å². The highest BCUT2D eigenvalue weighted by molar-refractivity contribution is 6.10. The smallest absolute Gasteiger partial charge is 0.307 e. The van der Waals surface area contributed by atoms with Gasteiger partial charge in [0.25, 0.3) is 12.0 Å². The van der Waals surface area contributed by atoms with Crippen molar-refractivity contribution >= 4 is 27.8 Å². The van der Waals surface area contributed by atoms with Crippen LogP contribution in [0.1, 0.15) is 55.0 Å². The van der Waals surface area contributed by atoms with Crippen LogP contribution in [-0.2, 0) is 24.2 Å². The van der Waals surface area contributed by atoms with Crippen molar-refractivity contribution in [2.75, 3.05) is 6.61 Å². The third kappa shape index (κ3) is 5.38. The molecule has 1 N–H and O–H groups in total. The predicted molar refractivity (Wildman–Crippen MR) is 165 cm³/mol. The Labute approximate surface area is 252 Å². The molecule has 0 spiro atoms. The number of hydrogen-bond acceptors (Lipinski definition) is 5. The SMILES string of the molecule is Cc1cc2c(ccc(=O)n2Cc2cccc(C(F)F)c2)c(-c2c(OC(C)(C)C)cc3c4c(ccnc24)CCO3)c1CC(=O)O. The third-order valence-corrected chi connectivity index (χ3v) is 7.82. The van der Waals surface area contributed by atoms with Crippen LogP contribution in [0.2, 0.25) is 0 Å². The van der Waals surface area contributed by atoms with Crippen molar-refractivity contribution in [2.24, 2.45) is 0 Å². The maximum absolute atomic E-state index is 13.5. The first-order valence-corrected chi connectivity index (χ1v) is 14.4. The minimum Gasteiger partial charge on any atom is -0.492 e. The van der Waals surface area contributed by atoms with Gasteiger partial charge in [-0.1, -0.05) is 18.2 Å². The van der Waals surface area contributed by atoms with Crippen LogP contribution >= 0.6 is 0 Å². The molecule has 2 aromatic heterocycles. The summed E-state index contributed by atoms with van der Waals surface area (Å²) in [6, 6.07) is 14.7. The van der Waals surface area contributed by atoms with E-state index >= 15 is 0 Å². The van der Waals surface area contributed by atoms with Crippen molar-refractivity contribution < 1.29 is 28.2 Å². The molecule has 1 aliphatic rings. The zero-order valence-corrected chi connectivity index (χ0v) is 24.9.